The van der Waals surface area contributed by atoms with E-state index in [0.29, 0.717) is 32.1 Å². The van der Waals surface area contributed by atoms with Gasteiger partial charge in [-0.25, -0.2) is 0 Å². The Balaban J connectivity index is 0.866. The van der Waals surface area contributed by atoms with E-state index in [9.17, 15) is 86.8 Å². The van der Waals surface area contributed by atoms with Gasteiger partial charge in [0.05, 0.1) is 57.5 Å². The second-order valence-electron chi connectivity index (χ2n) is 28.3. The Bertz CT molecular complexity index is 2410. The predicted octanol–water partition coefficient (Wildman–Crippen LogP) is -4.99. The van der Waals surface area contributed by atoms with Gasteiger partial charge in [0.1, 0.15) is 103 Å². The number of esters is 1. The van der Waals surface area contributed by atoms with E-state index in [-0.39, 0.29) is 36.5 Å². The van der Waals surface area contributed by atoms with Crippen LogP contribution in [0.25, 0.3) is 0 Å². The third-order valence-electron chi connectivity index (χ3n) is 22.8. The average Bonchev–Trinajstić information content (AvgIpc) is 0.690. The molecule has 28 heteroatoms. The highest BCUT2D eigenvalue weighted by Crippen LogP contribution is 2.76. The normalized spacial score (nSPS) is 55.6. The van der Waals surface area contributed by atoms with E-state index in [2.05, 4.69) is 40.7 Å². The van der Waals surface area contributed by atoms with E-state index in [4.69, 9.17) is 47.4 Å². The quantitative estimate of drug-likeness (QED) is 0.0466. The first kappa shape index (κ1) is 67.1. The Kier molecular flexibility index (Phi) is 19.2. The molecule has 5 saturated heterocycles. The zero-order valence-electron chi connectivity index (χ0n) is 49.6. The van der Waals surface area contributed by atoms with Crippen LogP contribution in [0.15, 0.2) is 11.6 Å². The summed E-state index contributed by atoms with van der Waals surface area (Å²) in [4.78, 5) is 15.4. The van der Waals surface area contributed by atoms with Gasteiger partial charge in [0, 0.05) is 5.41 Å². The molecular formula is C58H94O28. The third-order valence-corrected chi connectivity index (χ3v) is 22.8. The predicted molar refractivity (Wildman–Crippen MR) is 286 cm³/mol. The SMILES string of the molecule is C[C@@H]1O[C@@H](O[C@@H]2[C@@H](OC(=O)[C@]34CCC(C)(C)C[C@H]3C3=CC[C@@H]5[C@@]6(C)C[C@H](O)[C@H](O[C@@H]7O[C@H](CO[C@@H]8O[C@H](CO)[C@@H](O)[C@H](O)[C@H]8O)[C@@H](O)[C@H](O)[C@H]7O)[C@@](C)(CO)[C@@H]6CC[C@@]5(C)[C@]3(C)C[C@H]4O)OC[C@H](O)[C@@H]2O)[C@H](O)[C@H](O)[C@H]1O[C@@H]1OC[C@@H](O)[C@H](O)[C@H]1O. The number of fused-ring (bicyclic) bond motifs is 7. The molecule has 86 heavy (non-hydrogen) atoms. The smallest absolute Gasteiger partial charge is 0.317 e. The maximum Gasteiger partial charge on any atom is 0.317 e. The molecule has 0 unspecified atom stereocenters. The van der Waals surface area contributed by atoms with Gasteiger partial charge < -0.3 is 134 Å². The van der Waals surface area contributed by atoms with E-state index in [1.807, 2.05) is 0 Å². The van der Waals surface area contributed by atoms with Gasteiger partial charge in [-0.15, -0.1) is 0 Å². The molecule has 0 aromatic rings. The lowest BCUT2D eigenvalue weighted by molar-refractivity contribution is -0.369. The Morgan fingerprint density at radius 3 is 1.81 bits per heavy atom. The standard InChI is InChI=1S/C58H94O28/c1-22-44(83-48-40(72)33(65)26(62)18-77-48)39(71)43(75)49(80-22)84-45-34(66)27(63)19-78-51(45)86-52(76)58-13-12-53(2,3)14-24(58)23-8-9-31-54(4)15-25(61)46(55(5,21-60)30(54)10-11-56(31,6)57(23,7)16-32(58)64)85-50-42(74)38(70)36(68)29(82-50)20-79-47-41(73)37(69)35(67)28(17-59)81-47/h8,22,24-51,59-75H,9-21H2,1-7H3/t22-,24-,25-,26+,27-,28+,29+,30+,31+,32+,33-,34-,35+,36+,37-,38-,39-,40+,41+,42+,43+,44-,45-,46-,47+,48-,49-,50-,51+,54-,55-,56+,57+,58+/m0/s1. The molecule has 5 heterocycles. The molecule has 9 fully saturated rings. The first-order chi connectivity index (χ1) is 40.2. The van der Waals surface area contributed by atoms with Crippen LogP contribution < -0.4 is 0 Å². The number of hydrogen-bond acceptors (Lipinski definition) is 28. The molecule has 0 aromatic carbocycles. The van der Waals surface area contributed by atoms with Gasteiger partial charge in [0.2, 0.25) is 6.29 Å². The van der Waals surface area contributed by atoms with Crippen LogP contribution in [0, 0.1) is 50.2 Å². The highest BCUT2D eigenvalue weighted by Gasteiger charge is 2.73. The highest BCUT2D eigenvalue weighted by molar-refractivity contribution is 5.80. The van der Waals surface area contributed by atoms with Crippen LogP contribution in [-0.4, -0.2) is 285 Å². The summed E-state index contributed by atoms with van der Waals surface area (Å²) in [7, 11) is 0. The van der Waals surface area contributed by atoms with Crippen LogP contribution in [-0.2, 0) is 52.2 Å². The molecular weight excluding hydrogens is 1140 g/mol. The maximum atomic E-state index is 15.4. The van der Waals surface area contributed by atoms with Crippen LogP contribution in [0.1, 0.15) is 99.8 Å². The minimum absolute atomic E-state index is 0.104. The van der Waals surface area contributed by atoms with Crippen LogP contribution in [0.3, 0.4) is 0 Å². The summed E-state index contributed by atoms with van der Waals surface area (Å²) in [5.41, 5.74) is -4.25. The van der Waals surface area contributed by atoms with Crippen molar-refractivity contribution in [2.24, 2.45) is 50.2 Å². The zero-order valence-corrected chi connectivity index (χ0v) is 49.6. The summed E-state index contributed by atoms with van der Waals surface area (Å²) < 4.78 is 58.7. The zero-order chi connectivity index (χ0) is 62.9. The van der Waals surface area contributed by atoms with Crippen molar-refractivity contribution in [2.75, 3.05) is 33.0 Å². The number of hydrogen-bond donors (Lipinski definition) is 17. The van der Waals surface area contributed by atoms with Gasteiger partial charge in [0.15, 0.2) is 31.3 Å². The van der Waals surface area contributed by atoms with Crippen molar-refractivity contribution >= 4 is 5.97 Å². The molecule has 17 N–H and O–H groups in total. The lowest BCUT2D eigenvalue weighted by atomic mass is 9.33. The van der Waals surface area contributed by atoms with Crippen molar-refractivity contribution < 1.29 is 139 Å². The first-order valence-electron chi connectivity index (χ1n) is 30.4. The number of allylic oxidation sites excluding steroid dienone is 2. The number of aliphatic hydroxyl groups is 17. The molecule has 0 aromatic heterocycles. The minimum atomic E-state index is -1.92. The molecule has 0 amide bonds. The van der Waals surface area contributed by atoms with E-state index in [1.54, 1.807) is 6.92 Å². The number of carbonyl (C=O) groups excluding carboxylic acids is 1. The molecule has 0 bridgehead atoms. The van der Waals surface area contributed by atoms with Crippen LogP contribution in [0.4, 0.5) is 0 Å². The fourth-order valence-corrected chi connectivity index (χ4v) is 17.5. The fourth-order valence-electron chi connectivity index (χ4n) is 17.5. The Hall–Kier alpha value is -1.83. The van der Waals surface area contributed by atoms with E-state index >= 15 is 4.79 Å². The van der Waals surface area contributed by atoms with Crippen molar-refractivity contribution in [3.8, 4) is 0 Å². The van der Waals surface area contributed by atoms with Gasteiger partial charge >= 0.3 is 5.97 Å². The number of aliphatic hydroxyl groups excluding tert-OH is 17. The second kappa shape index (κ2) is 24.6. The van der Waals surface area contributed by atoms with Gasteiger partial charge in [-0.1, -0.05) is 53.2 Å². The van der Waals surface area contributed by atoms with Gasteiger partial charge in [-0.3, -0.25) is 4.79 Å². The second-order valence-corrected chi connectivity index (χ2v) is 28.3. The summed E-state index contributed by atoms with van der Waals surface area (Å²) in [5, 5.41) is 187. The fraction of sp³-hybridized carbons (Fsp3) is 0.948. The number of rotatable bonds is 13. The molecule has 494 valence electrons. The van der Waals surface area contributed by atoms with E-state index in [1.165, 1.54) is 6.92 Å². The van der Waals surface area contributed by atoms with Crippen molar-refractivity contribution in [2.45, 2.75) is 259 Å². The molecule has 4 saturated carbocycles. The van der Waals surface area contributed by atoms with Crippen molar-refractivity contribution in [3.63, 3.8) is 0 Å². The minimum Gasteiger partial charge on any atom is -0.432 e. The molecule has 10 aliphatic rings. The van der Waals surface area contributed by atoms with Crippen molar-refractivity contribution in [1.29, 1.82) is 0 Å². The lowest BCUT2D eigenvalue weighted by Gasteiger charge is -2.72. The summed E-state index contributed by atoms with van der Waals surface area (Å²) in [6, 6.07) is 0. The summed E-state index contributed by atoms with van der Waals surface area (Å²) >= 11 is 0. The Morgan fingerprint density at radius 1 is 0.570 bits per heavy atom. The highest BCUT2D eigenvalue weighted by atomic mass is 16.8. The average molecular weight is 1240 g/mol. The van der Waals surface area contributed by atoms with Gasteiger partial charge in [0.25, 0.3) is 0 Å². The molecule has 0 radical (unpaired) electrons. The monoisotopic (exact) mass is 1240 g/mol. The Labute approximate surface area is 498 Å². The van der Waals surface area contributed by atoms with Crippen LogP contribution in [0.5, 0.6) is 0 Å². The number of carbonyl (C=O) groups is 1. The molecule has 5 aliphatic heterocycles. The van der Waals surface area contributed by atoms with Crippen molar-refractivity contribution in [1.82, 2.24) is 0 Å². The molecule has 0 spiro atoms. The van der Waals surface area contributed by atoms with Gasteiger partial charge in [-0.05, 0) is 97.7 Å². The van der Waals surface area contributed by atoms with Crippen LogP contribution in [0.2, 0.25) is 0 Å². The first-order valence-corrected chi connectivity index (χ1v) is 30.4. The summed E-state index contributed by atoms with van der Waals surface area (Å²) in [5.74, 6) is -1.98. The maximum absolute atomic E-state index is 15.4. The molecule has 5 aliphatic carbocycles. The molecule has 28 nitrogen and oxygen atoms in total. The number of ether oxygens (including phenoxy) is 10. The summed E-state index contributed by atoms with van der Waals surface area (Å²) in [6.07, 6.45) is -36.6. The lowest BCUT2D eigenvalue weighted by Crippen LogP contribution is -2.70. The third kappa shape index (κ3) is 11.0. The topological polar surface area (TPSA) is 453 Å². The van der Waals surface area contributed by atoms with Gasteiger partial charge in [-0.2, -0.15) is 0 Å². The van der Waals surface area contributed by atoms with E-state index < -0.39 is 232 Å². The Morgan fingerprint density at radius 2 is 1.15 bits per heavy atom. The van der Waals surface area contributed by atoms with E-state index in [0.717, 1.165) is 5.57 Å². The van der Waals surface area contributed by atoms with Crippen molar-refractivity contribution in [3.05, 3.63) is 11.6 Å². The van der Waals surface area contributed by atoms with Crippen LogP contribution >= 0.6 is 0 Å². The molecule has 10 rings (SSSR count). The largest absolute Gasteiger partial charge is 0.432 e. The summed E-state index contributed by atoms with van der Waals surface area (Å²) in [6.45, 7) is 11.1. The molecule has 34 atom stereocenters.